The first-order valence-electron chi connectivity index (χ1n) is 7.28. The topological polar surface area (TPSA) is 55.2 Å². The number of hydrogen-bond acceptors (Lipinski definition) is 4. The Morgan fingerprint density at radius 1 is 1.17 bits per heavy atom. The van der Waals surface area contributed by atoms with Crippen molar-refractivity contribution in [2.24, 2.45) is 5.10 Å². The second-order valence-corrected chi connectivity index (χ2v) is 5.16. The van der Waals surface area contributed by atoms with Crippen LogP contribution in [0.2, 0.25) is 0 Å². The molecule has 1 heterocycles. The van der Waals surface area contributed by atoms with Crippen LogP contribution in [0.5, 0.6) is 5.75 Å². The molecule has 0 saturated heterocycles. The van der Waals surface area contributed by atoms with E-state index < -0.39 is 0 Å². The summed E-state index contributed by atoms with van der Waals surface area (Å²) in [5.41, 5.74) is 1.90. The summed E-state index contributed by atoms with van der Waals surface area (Å²) in [6.07, 6.45) is 1.74. The number of benzene rings is 2. The summed E-state index contributed by atoms with van der Waals surface area (Å²) in [4.78, 5) is 0. The Kier molecular flexibility index (Phi) is 4.63. The third-order valence-corrected chi connectivity index (χ3v) is 3.46. The van der Waals surface area contributed by atoms with Gasteiger partial charge in [-0.1, -0.05) is 30.3 Å². The van der Waals surface area contributed by atoms with Gasteiger partial charge in [-0.05, 0) is 49.0 Å². The SMILES string of the molecule is CCOc1ccc(/C=N\n2c(-c3ccccc3)n[nH]c2=S)cc1. The molecular formula is C17H16N4OS. The summed E-state index contributed by atoms with van der Waals surface area (Å²) in [7, 11) is 0. The number of H-pyrrole nitrogens is 1. The molecule has 0 aliphatic rings. The number of aromatic nitrogens is 3. The van der Waals surface area contributed by atoms with E-state index in [1.807, 2.05) is 61.5 Å². The first-order chi connectivity index (χ1) is 11.3. The molecule has 0 bridgehead atoms. The van der Waals surface area contributed by atoms with E-state index in [0.717, 1.165) is 16.9 Å². The van der Waals surface area contributed by atoms with Crippen molar-refractivity contribution in [3.63, 3.8) is 0 Å². The Labute approximate surface area is 139 Å². The van der Waals surface area contributed by atoms with E-state index in [1.165, 1.54) is 0 Å². The van der Waals surface area contributed by atoms with Crippen molar-refractivity contribution < 1.29 is 4.74 Å². The highest BCUT2D eigenvalue weighted by Crippen LogP contribution is 2.16. The van der Waals surface area contributed by atoms with Crippen LogP contribution in [-0.2, 0) is 0 Å². The molecule has 0 saturated carbocycles. The highest BCUT2D eigenvalue weighted by Gasteiger charge is 2.06. The fourth-order valence-electron chi connectivity index (χ4n) is 2.11. The van der Waals surface area contributed by atoms with E-state index in [-0.39, 0.29) is 0 Å². The van der Waals surface area contributed by atoms with E-state index in [9.17, 15) is 0 Å². The highest BCUT2D eigenvalue weighted by atomic mass is 32.1. The zero-order chi connectivity index (χ0) is 16.1. The lowest BCUT2D eigenvalue weighted by Gasteiger charge is -2.03. The van der Waals surface area contributed by atoms with Crippen LogP contribution >= 0.6 is 12.2 Å². The lowest BCUT2D eigenvalue weighted by Crippen LogP contribution is -1.95. The Morgan fingerprint density at radius 3 is 2.61 bits per heavy atom. The van der Waals surface area contributed by atoms with Gasteiger partial charge in [0.2, 0.25) is 4.77 Å². The smallest absolute Gasteiger partial charge is 0.216 e. The van der Waals surface area contributed by atoms with Crippen molar-refractivity contribution in [3.8, 4) is 17.1 Å². The third-order valence-electron chi connectivity index (χ3n) is 3.20. The molecule has 6 heteroatoms. The van der Waals surface area contributed by atoms with Crippen molar-refractivity contribution in [2.75, 3.05) is 6.61 Å². The number of rotatable bonds is 5. The molecule has 0 aliphatic carbocycles. The lowest BCUT2D eigenvalue weighted by molar-refractivity contribution is 0.340. The van der Waals surface area contributed by atoms with Crippen LogP contribution in [0, 0.1) is 4.77 Å². The van der Waals surface area contributed by atoms with Gasteiger partial charge in [0.25, 0.3) is 0 Å². The predicted octanol–water partition coefficient (Wildman–Crippen LogP) is 3.89. The van der Waals surface area contributed by atoms with Crippen molar-refractivity contribution in [2.45, 2.75) is 6.92 Å². The maximum absolute atomic E-state index is 5.43. The molecule has 0 aliphatic heterocycles. The second-order valence-electron chi connectivity index (χ2n) is 4.78. The fraction of sp³-hybridized carbons (Fsp3) is 0.118. The summed E-state index contributed by atoms with van der Waals surface area (Å²) in [5, 5.41) is 11.5. The molecule has 0 atom stereocenters. The van der Waals surface area contributed by atoms with Gasteiger partial charge in [0.15, 0.2) is 5.82 Å². The largest absolute Gasteiger partial charge is 0.494 e. The van der Waals surface area contributed by atoms with Crippen molar-refractivity contribution in [1.29, 1.82) is 0 Å². The minimum atomic E-state index is 0.450. The molecule has 5 nitrogen and oxygen atoms in total. The van der Waals surface area contributed by atoms with Crippen LogP contribution in [0.15, 0.2) is 59.7 Å². The molecule has 1 aromatic heterocycles. The summed E-state index contributed by atoms with van der Waals surface area (Å²) < 4.78 is 7.49. The Morgan fingerprint density at radius 2 is 1.91 bits per heavy atom. The first kappa shape index (κ1) is 15.2. The molecule has 3 rings (SSSR count). The minimum Gasteiger partial charge on any atom is -0.494 e. The van der Waals surface area contributed by atoms with Gasteiger partial charge in [-0.2, -0.15) is 14.9 Å². The van der Waals surface area contributed by atoms with Crippen LogP contribution in [0.25, 0.3) is 11.4 Å². The highest BCUT2D eigenvalue weighted by molar-refractivity contribution is 7.71. The summed E-state index contributed by atoms with van der Waals surface area (Å²) in [6, 6.07) is 17.5. The molecule has 23 heavy (non-hydrogen) atoms. The molecule has 0 amide bonds. The average Bonchev–Trinajstić information content (AvgIpc) is 2.96. The normalized spacial score (nSPS) is 11.0. The predicted molar refractivity (Wildman–Crippen MR) is 93.5 cm³/mol. The Balaban J connectivity index is 1.88. The number of ether oxygens (including phenoxy) is 1. The zero-order valence-corrected chi connectivity index (χ0v) is 13.5. The molecule has 0 spiro atoms. The van der Waals surface area contributed by atoms with Crippen molar-refractivity contribution in [3.05, 3.63) is 64.9 Å². The summed E-state index contributed by atoms with van der Waals surface area (Å²) in [5.74, 6) is 1.52. The maximum Gasteiger partial charge on any atom is 0.216 e. The number of nitrogens with one attached hydrogen (secondary N) is 1. The quantitative estimate of drug-likeness (QED) is 0.572. The van der Waals surface area contributed by atoms with Gasteiger partial charge < -0.3 is 4.74 Å². The maximum atomic E-state index is 5.43. The van der Waals surface area contributed by atoms with Crippen LogP contribution in [0.4, 0.5) is 0 Å². The monoisotopic (exact) mass is 324 g/mol. The second kappa shape index (κ2) is 7.02. The zero-order valence-electron chi connectivity index (χ0n) is 12.6. The lowest BCUT2D eigenvalue weighted by atomic mass is 10.2. The van der Waals surface area contributed by atoms with Crippen molar-refractivity contribution >= 4 is 18.4 Å². The van der Waals surface area contributed by atoms with Crippen LogP contribution in [0.1, 0.15) is 12.5 Å². The molecule has 0 fully saturated rings. The van der Waals surface area contributed by atoms with E-state index in [2.05, 4.69) is 15.3 Å². The molecule has 2 aromatic carbocycles. The number of aromatic amines is 1. The van der Waals surface area contributed by atoms with Gasteiger partial charge in [0, 0.05) is 5.56 Å². The summed E-state index contributed by atoms with van der Waals surface area (Å²) >= 11 is 5.25. The Hall–Kier alpha value is -2.73. The first-order valence-corrected chi connectivity index (χ1v) is 7.69. The van der Waals surface area contributed by atoms with Gasteiger partial charge in [0.1, 0.15) is 5.75 Å². The average molecular weight is 324 g/mol. The number of nitrogens with zero attached hydrogens (tertiary/aromatic N) is 3. The van der Waals surface area contributed by atoms with Crippen LogP contribution < -0.4 is 4.74 Å². The molecule has 3 aromatic rings. The van der Waals surface area contributed by atoms with Gasteiger partial charge in [-0.25, -0.2) is 5.10 Å². The third kappa shape index (κ3) is 3.54. The fourth-order valence-corrected chi connectivity index (χ4v) is 2.29. The van der Waals surface area contributed by atoms with E-state index in [1.54, 1.807) is 10.9 Å². The van der Waals surface area contributed by atoms with E-state index >= 15 is 0 Å². The molecule has 0 unspecified atom stereocenters. The summed E-state index contributed by atoms with van der Waals surface area (Å²) in [6.45, 7) is 2.61. The molecule has 1 N–H and O–H groups in total. The van der Waals surface area contributed by atoms with Crippen LogP contribution in [0.3, 0.4) is 0 Å². The molecule has 116 valence electrons. The van der Waals surface area contributed by atoms with Gasteiger partial charge in [-0.3, -0.25) is 0 Å². The van der Waals surface area contributed by atoms with Gasteiger partial charge in [0.05, 0.1) is 12.8 Å². The molecular weight excluding hydrogens is 308 g/mol. The Bertz CT molecular complexity index is 850. The van der Waals surface area contributed by atoms with Gasteiger partial charge >= 0.3 is 0 Å². The van der Waals surface area contributed by atoms with E-state index in [4.69, 9.17) is 17.0 Å². The molecule has 0 radical (unpaired) electrons. The number of hydrogen-bond donors (Lipinski definition) is 1. The van der Waals surface area contributed by atoms with Crippen molar-refractivity contribution in [1.82, 2.24) is 14.9 Å². The minimum absolute atomic E-state index is 0.450. The standard InChI is InChI=1S/C17H16N4OS/c1-2-22-15-10-8-13(9-11-15)12-18-21-16(19-20-17(21)23)14-6-4-3-5-7-14/h3-12H,2H2,1H3,(H,20,23)/b18-12-. The van der Waals surface area contributed by atoms with Gasteiger partial charge in [-0.15, -0.1) is 0 Å². The van der Waals surface area contributed by atoms with E-state index in [0.29, 0.717) is 17.2 Å². The van der Waals surface area contributed by atoms with Crippen LogP contribution in [-0.4, -0.2) is 27.7 Å².